The van der Waals surface area contributed by atoms with Gasteiger partial charge in [0.05, 0.1) is 11.6 Å². The molecular formula is C11H18N2. The topological polar surface area (TPSA) is 38.4 Å². The maximum atomic E-state index is 6.00. The Morgan fingerprint density at radius 2 is 2.15 bits per heavy atom. The monoisotopic (exact) mass is 178 g/mol. The molecule has 2 rings (SSSR count). The molecule has 2 nitrogen and oxygen atoms in total. The molecule has 3 unspecified atom stereocenters. The van der Waals surface area contributed by atoms with E-state index in [1.807, 2.05) is 13.1 Å². The van der Waals surface area contributed by atoms with Gasteiger partial charge in [0.25, 0.3) is 0 Å². The van der Waals surface area contributed by atoms with E-state index in [0.717, 1.165) is 0 Å². The molecule has 0 amide bonds. The van der Waals surface area contributed by atoms with Crippen LogP contribution >= 0.6 is 0 Å². The van der Waals surface area contributed by atoms with Crippen LogP contribution in [0, 0.1) is 5.92 Å². The van der Waals surface area contributed by atoms with Gasteiger partial charge in [-0.05, 0) is 25.7 Å². The second-order valence-corrected chi connectivity index (χ2v) is 4.52. The molecule has 2 aliphatic rings. The molecule has 1 fully saturated rings. The maximum Gasteiger partial charge on any atom is 0.0666 e. The zero-order valence-electron chi connectivity index (χ0n) is 8.24. The highest BCUT2D eigenvalue weighted by molar-refractivity contribution is 5.73. The molecule has 2 heteroatoms. The lowest BCUT2D eigenvalue weighted by atomic mass is 9.84. The normalized spacial score (nSPS) is 44.2. The van der Waals surface area contributed by atoms with Crippen LogP contribution in [0.5, 0.6) is 0 Å². The van der Waals surface area contributed by atoms with E-state index in [2.05, 4.69) is 17.1 Å². The van der Waals surface area contributed by atoms with Crippen LogP contribution in [0.15, 0.2) is 17.1 Å². The van der Waals surface area contributed by atoms with Gasteiger partial charge in [0.15, 0.2) is 0 Å². The zero-order valence-corrected chi connectivity index (χ0v) is 8.24. The molecule has 72 valence electrons. The minimum absolute atomic E-state index is 0.322. The van der Waals surface area contributed by atoms with Gasteiger partial charge in [-0.15, -0.1) is 0 Å². The number of aliphatic imine (C=N–C) groups is 1. The maximum absolute atomic E-state index is 6.00. The highest BCUT2D eigenvalue weighted by Gasteiger charge is 2.25. The second-order valence-electron chi connectivity index (χ2n) is 4.52. The predicted molar refractivity (Wildman–Crippen MR) is 56.0 cm³/mol. The Labute approximate surface area is 79.9 Å². The standard InChI is InChI=1S/C11H18N2/c1-11(12)7-6-9-4-2-3-5-10(9)13-8-11/h6-10H,2-5,12H2,1H3. The molecule has 2 N–H and O–H groups in total. The Hall–Kier alpha value is -0.630. The van der Waals surface area contributed by atoms with Crippen LogP contribution < -0.4 is 5.73 Å². The second kappa shape index (κ2) is 3.26. The summed E-state index contributed by atoms with van der Waals surface area (Å²) in [5.41, 5.74) is 5.67. The lowest BCUT2D eigenvalue weighted by Gasteiger charge is -2.25. The van der Waals surface area contributed by atoms with E-state index in [9.17, 15) is 0 Å². The molecule has 1 saturated carbocycles. The summed E-state index contributed by atoms with van der Waals surface area (Å²) in [5, 5.41) is 0. The van der Waals surface area contributed by atoms with Gasteiger partial charge in [0.2, 0.25) is 0 Å². The van der Waals surface area contributed by atoms with Crippen molar-refractivity contribution in [1.29, 1.82) is 0 Å². The van der Waals surface area contributed by atoms with Crippen molar-refractivity contribution < 1.29 is 0 Å². The summed E-state index contributed by atoms with van der Waals surface area (Å²) in [6.07, 6.45) is 11.5. The van der Waals surface area contributed by atoms with E-state index in [-0.39, 0.29) is 5.54 Å². The molecule has 1 aliphatic heterocycles. The van der Waals surface area contributed by atoms with Gasteiger partial charge in [-0.25, -0.2) is 0 Å². The van der Waals surface area contributed by atoms with Gasteiger partial charge in [-0.1, -0.05) is 25.0 Å². The van der Waals surface area contributed by atoms with Crippen LogP contribution in [-0.4, -0.2) is 17.8 Å². The quantitative estimate of drug-likeness (QED) is 0.565. The Balaban J connectivity index is 2.19. The number of rotatable bonds is 0. The van der Waals surface area contributed by atoms with Crippen LogP contribution in [0.4, 0.5) is 0 Å². The first kappa shape index (κ1) is 8.95. The van der Waals surface area contributed by atoms with Crippen molar-refractivity contribution in [2.75, 3.05) is 0 Å². The average molecular weight is 178 g/mol. The van der Waals surface area contributed by atoms with Crippen molar-refractivity contribution in [3.8, 4) is 0 Å². The van der Waals surface area contributed by atoms with E-state index in [1.165, 1.54) is 25.7 Å². The van der Waals surface area contributed by atoms with Gasteiger partial charge in [0, 0.05) is 6.21 Å². The summed E-state index contributed by atoms with van der Waals surface area (Å²) in [7, 11) is 0. The van der Waals surface area contributed by atoms with Crippen molar-refractivity contribution in [1.82, 2.24) is 0 Å². The SMILES string of the molecule is CC1(N)C=CC2CCCCC2N=C1. The molecule has 0 spiro atoms. The summed E-state index contributed by atoms with van der Waals surface area (Å²) in [6, 6.07) is 0.510. The summed E-state index contributed by atoms with van der Waals surface area (Å²) >= 11 is 0. The van der Waals surface area contributed by atoms with E-state index < -0.39 is 0 Å². The first-order chi connectivity index (χ1) is 6.17. The van der Waals surface area contributed by atoms with E-state index in [4.69, 9.17) is 5.73 Å². The van der Waals surface area contributed by atoms with Crippen molar-refractivity contribution in [2.45, 2.75) is 44.2 Å². The molecular weight excluding hydrogens is 160 g/mol. The molecule has 0 aromatic rings. The Bertz CT molecular complexity index is 216. The number of nitrogens with two attached hydrogens (primary N) is 1. The first-order valence-corrected chi connectivity index (χ1v) is 5.20. The van der Waals surface area contributed by atoms with E-state index in [1.54, 1.807) is 0 Å². The van der Waals surface area contributed by atoms with Crippen molar-refractivity contribution in [3.05, 3.63) is 12.2 Å². The smallest absolute Gasteiger partial charge is 0.0666 e. The number of hydrogen-bond donors (Lipinski definition) is 1. The molecule has 0 bridgehead atoms. The Kier molecular flexibility index (Phi) is 2.24. The zero-order chi connectivity index (χ0) is 9.31. The fourth-order valence-corrected chi connectivity index (χ4v) is 2.18. The highest BCUT2D eigenvalue weighted by atomic mass is 14.8. The van der Waals surface area contributed by atoms with Gasteiger partial charge in [-0.3, -0.25) is 4.99 Å². The van der Waals surface area contributed by atoms with Crippen molar-refractivity contribution in [2.24, 2.45) is 16.6 Å². The van der Waals surface area contributed by atoms with Crippen LogP contribution in [0.2, 0.25) is 0 Å². The molecule has 1 aliphatic carbocycles. The Morgan fingerprint density at radius 3 is 3.00 bits per heavy atom. The van der Waals surface area contributed by atoms with E-state index >= 15 is 0 Å². The number of hydrogen-bond acceptors (Lipinski definition) is 2. The van der Waals surface area contributed by atoms with Crippen LogP contribution in [0.1, 0.15) is 32.6 Å². The summed E-state index contributed by atoms with van der Waals surface area (Å²) in [5.74, 6) is 0.648. The third-order valence-corrected chi connectivity index (χ3v) is 3.03. The third kappa shape index (κ3) is 1.99. The largest absolute Gasteiger partial charge is 0.318 e. The fraction of sp³-hybridized carbons (Fsp3) is 0.727. The predicted octanol–water partition coefficient (Wildman–Crippen LogP) is 1.90. The van der Waals surface area contributed by atoms with Crippen LogP contribution in [0.25, 0.3) is 0 Å². The summed E-state index contributed by atoms with van der Waals surface area (Å²) in [6.45, 7) is 2.00. The third-order valence-electron chi connectivity index (χ3n) is 3.03. The molecule has 3 atom stereocenters. The average Bonchev–Trinajstić information content (AvgIpc) is 2.27. The lowest BCUT2D eigenvalue weighted by molar-refractivity contribution is 0.365. The molecule has 1 heterocycles. The summed E-state index contributed by atoms with van der Waals surface area (Å²) < 4.78 is 0. The molecule has 13 heavy (non-hydrogen) atoms. The highest BCUT2D eigenvalue weighted by Crippen LogP contribution is 2.29. The minimum Gasteiger partial charge on any atom is -0.318 e. The molecule has 0 radical (unpaired) electrons. The van der Waals surface area contributed by atoms with Crippen LogP contribution in [0.3, 0.4) is 0 Å². The van der Waals surface area contributed by atoms with Crippen molar-refractivity contribution in [3.63, 3.8) is 0 Å². The van der Waals surface area contributed by atoms with E-state index in [0.29, 0.717) is 12.0 Å². The fourth-order valence-electron chi connectivity index (χ4n) is 2.18. The van der Waals surface area contributed by atoms with Gasteiger partial charge in [0.1, 0.15) is 0 Å². The first-order valence-electron chi connectivity index (χ1n) is 5.20. The van der Waals surface area contributed by atoms with Gasteiger partial charge >= 0.3 is 0 Å². The van der Waals surface area contributed by atoms with Gasteiger partial charge in [-0.2, -0.15) is 0 Å². The van der Waals surface area contributed by atoms with Crippen molar-refractivity contribution >= 4 is 6.21 Å². The Morgan fingerprint density at radius 1 is 1.38 bits per heavy atom. The molecule has 0 saturated heterocycles. The minimum atomic E-state index is -0.322. The molecule has 0 aromatic carbocycles. The lowest BCUT2D eigenvalue weighted by Crippen LogP contribution is -2.35. The van der Waals surface area contributed by atoms with Crippen LogP contribution in [-0.2, 0) is 0 Å². The number of fused-ring (bicyclic) bond motifs is 1. The summed E-state index contributed by atoms with van der Waals surface area (Å²) in [4.78, 5) is 4.59. The molecule has 0 aromatic heterocycles. The number of nitrogens with zero attached hydrogens (tertiary/aromatic N) is 1. The van der Waals surface area contributed by atoms with Gasteiger partial charge < -0.3 is 5.73 Å².